The van der Waals surface area contributed by atoms with Gasteiger partial charge in [-0.25, -0.2) is 22.8 Å². The molecule has 2 saturated heterocycles. The average Bonchev–Trinajstić information content (AvgIpc) is 3.27. The van der Waals surface area contributed by atoms with Crippen LogP contribution in [0.1, 0.15) is 39.8 Å². The summed E-state index contributed by atoms with van der Waals surface area (Å²) in [5.41, 5.74) is 1.32. The molecule has 1 amide bonds. The van der Waals surface area contributed by atoms with Gasteiger partial charge >= 0.3 is 0 Å². The number of hydrogen-bond acceptors (Lipinski definition) is 6. The van der Waals surface area contributed by atoms with E-state index in [1.807, 2.05) is 0 Å². The predicted octanol–water partition coefficient (Wildman–Crippen LogP) is 1.88. The number of nitrogens with zero attached hydrogens (tertiary/aromatic N) is 4. The molecule has 0 radical (unpaired) electrons. The lowest BCUT2D eigenvalue weighted by atomic mass is 10.1. The molecule has 3 heterocycles. The van der Waals surface area contributed by atoms with Crippen molar-refractivity contribution in [2.75, 3.05) is 39.4 Å². The van der Waals surface area contributed by atoms with Crippen LogP contribution < -0.4 is 0 Å². The maximum atomic E-state index is 13.5. The molecular formula is C21H25FN4O4S. The molecule has 0 N–H and O–H groups in total. The fourth-order valence-corrected chi connectivity index (χ4v) is 5.50. The Hall–Kier alpha value is -2.43. The summed E-state index contributed by atoms with van der Waals surface area (Å²) in [7, 11) is -3.73. The minimum absolute atomic E-state index is 0.0793. The molecule has 2 aromatic rings. The highest BCUT2D eigenvalue weighted by Gasteiger charge is 2.35. The van der Waals surface area contributed by atoms with Gasteiger partial charge in [-0.15, -0.1) is 0 Å². The zero-order valence-electron chi connectivity index (χ0n) is 17.5. The van der Waals surface area contributed by atoms with Crippen LogP contribution in [0.5, 0.6) is 0 Å². The standard InChI is InChI=1S/C21H25FN4O4S/c1-14-11-17(3-4-19(14)22)31(28,29)26-6-5-16(13-26)20-23-12-18(15(2)24-20)21(27)25-7-9-30-10-8-25/h3-4,11-12,16H,5-10,13H2,1-2H3. The second kappa shape index (κ2) is 8.60. The molecule has 0 saturated carbocycles. The molecule has 0 aliphatic carbocycles. The Morgan fingerprint density at radius 1 is 1.19 bits per heavy atom. The summed E-state index contributed by atoms with van der Waals surface area (Å²) in [6, 6.07) is 3.81. The Labute approximate surface area is 181 Å². The number of amides is 1. The fraction of sp³-hybridized carbons (Fsp3) is 0.476. The second-order valence-electron chi connectivity index (χ2n) is 7.89. The van der Waals surface area contributed by atoms with Gasteiger partial charge in [0.15, 0.2) is 0 Å². The minimum Gasteiger partial charge on any atom is -0.378 e. The first-order valence-corrected chi connectivity index (χ1v) is 11.7. The number of aryl methyl sites for hydroxylation is 2. The average molecular weight is 449 g/mol. The Morgan fingerprint density at radius 3 is 2.61 bits per heavy atom. The first-order chi connectivity index (χ1) is 14.8. The van der Waals surface area contributed by atoms with Gasteiger partial charge in [-0.3, -0.25) is 4.79 Å². The zero-order valence-corrected chi connectivity index (χ0v) is 18.4. The fourth-order valence-electron chi connectivity index (χ4n) is 3.91. The van der Waals surface area contributed by atoms with Crippen molar-refractivity contribution in [1.82, 2.24) is 19.2 Å². The molecule has 1 aromatic heterocycles. The van der Waals surface area contributed by atoms with E-state index in [1.54, 1.807) is 11.8 Å². The van der Waals surface area contributed by atoms with Crippen LogP contribution in [0.3, 0.4) is 0 Å². The third-order valence-electron chi connectivity index (χ3n) is 5.81. The van der Waals surface area contributed by atoms with Crippen LogP contribution >= 0.6 is 0 Å². The third-order valence-corrected chi connectivity index (χ3v) is 7.67. The van der Waals surface area contributed by atoms with E-state index in [2.05, 4.69) is 9.97 Å². The van der Waals surface area contributed by atoms with Gasteiger partial charge in [0.1, 0.15) is 11.6 Å². The van der Waals surface area contributed by atoms with Crippen molar-refractivity contribution >= 4 is 15.9 Å². The van der Waals surface area contributed by atoms with E-state index < -0.39 is 15.8 Å². The second-order valence-corrected chi connectivity index (χ2v) is 9.83. The molecule has 2 aliphatic heterocycles. The van der Waals surface area contributed by atoms with Crippen LogP contribution in [-0.4, -0.2) is 72.9 Å². The van der Waals surface area contributed by atoms with Crippen LogP contribution in [0.15, 0.2) is 29.3 Å². The number of sulfonamides is 1. The summed E-state index contributed by atoms with van der Waals surface area (Å²) in [5, 5.41) is 0. The Balaban J connectivity index is 1.49. The number of morpholine rings is 1. The largest absolute Gasteiger partial charge is 0.378 e. The van der Waals surface area contributed by atoms with Gasteiger partial charge in [0, 0.05) is 38.3 Å². The van der Waals surface area contributed by atoms with E-state index in [1.165, 1.54) is 35.6 Å². The number of ether oxygens (including phenoxy) is 1. The molecule has 0 spiro atoms. The molecule has 0 bridgehead atoms. The van der Waals surface area contributed by atoms with Crippen LogP contribution in [0.2, 0.25) is 0 Å². The molecule has 31 heavy (non-hydrogen) atoms. The number of rotatable bonds is 4. The normalized spacial score (nSPS) is 20.2. The van der Waals surface area contributed by atoms with Crippen molar-refractivity contribution in [2.24, 2.45) is 0 Å². The predicted molar refractivity (Wildman–Crippen MR) is 111 cm³/mol. The van der Waals surface area contributed by atoms with E-state index in [0.717, 1.165) is 0 Å². The number of carbonyl (C=O) groups excluding carboxylic acids is 1. The summed E-state index contributed by atoms with van der Waals surface area (Å²) >= 11 is 0. The Bertz CT molecular complexity index is 1100. The van der Waals surface area contributed by atoms with Gasteiger partial charge < -0.3 is 9.64 Å². The smallest absolute Gasteiger partial charge is 0.257 e. The summed E-state index contributed by atoms with van der Waals surface area (Å²) in [4.78, 5) is 23.4. The van der Waals surface area contributed by atoms with Gasteiger partial charge in [-0.1, -0.05) is 0 Å². The Morgan fingerprint density at radius 2 is 1.94 bits per heavy atom. The summed E-state index contributed by atoms with van der Waals surface area (Å²) in [6.45, 7) is 6.00. The van der Waals surface area contributed by atoms with Crippen LogP contribution in [-0.2, 0) is 14.8 Å². The van der Waals surface area contributed by atoms with Crippen molar-refractivity contribution in [2.45, 2.75) is 31.1 Å². The van der Waals surface area contributed by atoms with Crippen molar-refractivity contribution in [3.8, 4) is 0 Å². The summed E-state index contributed by atoms with van der Waals surface area (Å²) < 4.78 is 46.1. The molecule has 10 heteroatoms. The van der Waals surface area contributed by atoms with E-state index in [4.69, 9.17) is 4.74 Å². The molecule has 166 valence electrons. The molecule has 8 nitrogen and oxygen atoms in total. The van der Waals surface area contributed by atoms with Crippen molar-refractivity contribution in [1.29, 1.82) is 0 Å². The van der Waals surface area contributed by atoms with E-state index in [-0.39, 0.29) is 28.8 Å². The lowest BCUT2D eigenvalue weighted by molar-refractivity contribution is 0.0301. The first kappa shape index (κ1) is 21.8. The van der Waals surface area contributed by atoms with Gasteiger partial charge in [0.25, 0.3) is 5.91 Å². The highest BCUT2D eigenvalue weighted by atomic mass is 32.2. The lowest BCUT2D eigenvalue weighted by Gasteiger charge is -2.27. The molecule has 2 aliphatic rings. The van der Waals surface area contributed by atoms with Crippen LogP contribution in [0, 0.1) is 19.7 Å². The number of carbonyl (C=O) groups is 1. The zero-order chi connectivity index (χ0) is 22.2. The molecule has 2 fully saturated rings. The molecular weight excluding hydrogens is 423 g/mol. The maximum absolute atomic E-state index is 13.5. The Kier molecular flexibility index (Phi) is 6.05. The summed E-state index contributed by atoms with van der Waals surface area (Å²) in [5.74, 6) is -0.185. The maximum Gasteiger partial charge on any atom is 0.257 e. The first-order valence-electron chi connectivity index (χ1n) is 10.2. The van der Waals surface area contributed by atoms with Crippen LogP contribution in [0.4, 0.5) is 4.39 Å². The van der Waals surface area contributed by atoms with Crippen molar-refractivity contribution in [3.63, 3.8) is 0 Å². The molecule has 4 rings (SSSR count). The minimum atomic E-state index is -3.73. The van der Waals surface area contributed by atoms with Gasteiger partial charge in [0.05, 0.1) is 29.4 Å². The highest BCUT2D eigenvalue weighted by Crippen LogP contribution is 2.30. The van der Waals surface area contributed by atoms with Crippen molar-refractivity contribution < 1.29 is 22.3 Å². The van der Waals surface area contributed by atoms with Gasteiger partial charge in [-0.2, -0.15) is 4.31 Å². The van der Waals surface area contributed by atoms with E-state index in [9.17, 15) is 17.6 Å². The highest BCUT2D eigenvalue weighted by molar-refractivity contribution is 7.89. The van der Waals surface area contributed by atoms with Gasteiger partial charge in [0.2, 0.25) is 10.0 Å². The van der Waals surface area contributed by atoms with E-state index in [0.29, 0.717) is 56.4 Å². The third kappa shape index (κ3) is 4.32. The number of benzene rings is 1. The number of halogens is 1. The number of hydrogen-bond donors (Lipinski definition) is 0. The molecule has 1 atom stereocenters. The molecule has 1 aromatic carbocycles. The molecule has 1 unspecified atom stereocenters. The van der Waals surface area contributed by atoms with Crippen LogP contribution in [0.25, 0.3) is 0 Å². The number of aromatic nitrogens is 2. The van der Waals surface area contributed by atoms with E-state index >= 15 is 0 Å². The monoisotopic (exact) mass is 448 g/mol. The van der Waals surface area contributed by atoms with Gasteiger partial charge in [-0.05, 0) is 44.0 Å². The summed E-state index contributed by atoms with van der Waals surface area (Å²) in [6.07, 6.45) is 2.12. The topological polar surface area (TPSA) is 92.7 Å². The quantitative estimate of drug-likeness (QED) is 0.709. The lowest BCUT2D eigenvalue weighted by Crippen LogP contribution is -2.41. The van der Waals surface area contributed by atoms with Crippen molar-refractivity contribution in [3.05, 3.63) is 52.9 Å². The SMILES string of the molecule is Cc1cc(S(=O)(=O)N2CCC(c3ncc(C(=O)N4CCOCC4)c(C)n3)C2)ccc1F.